The maximum absolute atomic E-state index is 12.2. The Morgan fingerprint density at radius 1 is 0.806 bits per heavy atom. The first kappa shape index (κ1) is 29.4. The molecule has 0 fully saturated rings. The first-order valence-electron chi connectivity index (χ1n) is 13.3. The van der Waals surface area contributed by atoms with Crippen molar-refractivity contribution in [3.05, 3.63) is 60.2 Å². The van der Waals surface area contributed by atoms with Crippen molar-refractivity contribution >= 4 is 23.3 Å². The van der Waals surface area contributed by atoms with E-state index < -0.39 is 5.60 Å². The van der Waals surface area contributed by atoms with E-state index >= 15 is 0 Å². The highest BCUT2D eigenvalue weighted by molar-refractivity contribution is 5.90. The Balaban J connectivity index is 1.53. The number of unbranched alkanes of at least 4 members (excludes halogenated alkanes) is 4. The molecule has 1 amide bonds. The zero-order valence-corrected chi connectivity index (χ0v) is 22.6. The average molecular weight is 496 g/mol. The lowest BCUT2D eigenvalue weighted by Crippen LogP contribution is -2.23. The maximum atomic E-state index is 12.2. The van der Waals surface area contributed by atoms with E-state index in [9.17, 15) is 9.59 Å². The highest BCUT2D eigenvalue weighted by atomic mass is 16.6. The van der Waals surface area contributed by atoms with Crippen molar-refractivity contribution < 1.29 is 14.3 Å². The van der Waals surface area contributed by atoms with E-state index in [1.165, 1.54) is 11.3 Å². The number of hydrogen-bond acceptors (Lipinski definition) is 5. The summed E-state index contributed by atoms with van der Waals surface area (Å²) in [6.07, 6.45) is 6.70. The van der Waals surface area contributed by atoms with Crippen LogP contribution in [0.1, 0.15) is 77.7 Å². The van der Waals surface area contributed by atoms with E-state index in [-0.39, 0.29) is 11.9 Å². The fraction of sp³-hybridized carbons (Fsp3) is 0.533. The molecule has 2 aromatic rings. The zero-order chi connectivity index (χ0) is 26.2. The molecular formula is C30H45N3O3. The molecule has 0 atom stereocenters. The van der Waals surface area contributed by atoms with Gasteiger partial charge in [-0.2, -0.15) is 0 Å². The normalized spacial score (nSPS) is 11.4. The van der Waals surface area contributed by atoms with E-state index in [4.69, 9.17) is 4.74 Å². The first-order valence-corrected chi connectivity index (χ1v) is 13.3. The van der Waals surface area contributed by atoms with E-state index in [2.05, 4.69) is 46.8 Å². The first-order chi connectivity index (χ1) is 17.2. The molecule has 0 aliphatic rings. The van der Waals surface area contributed by atoms with Crippen LogP contribution >= 0.6 is 0 Å². The van der Waals surface area contributed by atoms with E-state index in [1.54, 1.807) is 0 Å². The number of carbonyl (C=O) groups excluding carboxylic acids is 2. The molecule has 0 aromatic heterocycles. The predicted octanol–water partition coefficient (Wildman–Crippen LogP) is 6.63. The maximum Gasteiger partial charge on any atom is 0.306 e. The molecule has 0 unspecified atom stereocenters. The quantitative estimate of drug-likeness (QED) is 0.202. The van der Waals surface area contributed by atoms with Crippen LogP contribution in [-0.4, -0.2) is 42.5 Å². The van der Waals surface area contributed by atoms with Crippen LogP contribution in [0.2, 0.25) is 0 Å². The number of nitrogens with zero attached hydrogens (tertiary/aromatic N) is 1. The van der Waals surface area contributed by atoms with E-state index in [0.717, 1.165) is 63.8 Å². The van der Waals surface area contributed by atoms with Crippen LogP contribution in [0.25, 0.3) is 0 Å². The van der Waals surface area contributed by atoms with Gasteiger partial charge in [-0.3, -0.25) is 9.59 Å². The Labute approximate surface area is 217 Å². The summed E-state index contributed by atoms with van der Waals surface area (Å²) in [5, 5.41) is 6.44. The van der Waals surface area contributed by atoms with Crippen LogP contribution in [0.5, 0.6) is 0 Å². The SMILES string of the molecule is CN(CCCCNc1ccccc1)Cc1ccc(NC(=O)CCCCCCC(=O)OC(C)(C)C)cc1. The summed E-state index contributed by atoms with van der Waals surface area (Å²) in [7, 11) is 2.15. The number of carbonyl (C=O) groups is 2. The van der Waals surface area contributed by atoms with Crippen LogP contribution < -0.4 is 10.6 Å². The highest BCUT2D eigenvalue weighted by Crippen LogP contribution is 2.14. The molecular weight excluding hydrogens is 450 g/mol. The lowest BCUT2D eigenvalue weighted by Gasteiger charge is -2.19. The molecule has 198 valence electrons. The van der Waals surface area contributed by atoms with Crippen molar-refractivity contribution in [3.63, 3.8) is 0 Å². The fourth-order valence-electron chi connectivity index (χ4n) is 3.90. The van der Waals surface area contributed by atoms with Gasteiger partial charge in [-0.25, -0.2) is 0 Å². The zero-order valence-electron chi connectivity index (χ0n) is 22.6. The number of para-hydroxylation sites is 1. The minimum Gasteiger partial charge on any atom is -0.460 e. The number of rotatable bonds is 16. The van der Waals surface area contributed by atoms with Crippen LogP contribution in [0, 0.1) is 0 Å². The fourth-order valence-corrected chi connectivity index (χ4v) is 3.90. The van der Waals surface area contributed by atoms with Crippen molar-refractivity contribution in [2.75, 3.05) is 30.8 Å². The standard InChI is InChI=1S/C30H45N3O3/c1-30(2,3)36-29(35)17-11-6-5-10-16-28(34)32-27-20-18-25(19-21-27)24-33(4)23-13-12-22-31-26-14-8-7-9-15-26/h7-9,14-15,18-21,31H,5-6,10-13,16-17,22-24H2,1-4H3,(H,32,34). The third-order valence-electron chi connectivity index (χ3n) is 5.71. The summed E-state index contributed by atoms with van der Waals surface area (Å²) in [6, 6.07) is 18.4. The molecule has 0 radical (unpaired) electrons. The molecule has 6 nitrogen and oxygen atoms in total. The summed E-state index contributed by atoms with van der Waals surface area (Å²) in [6.45, 7) is 8.56. The van der Waals surface area contributed by atoms with Crippen LogP contribution in [0.3, 0.4) is 0 Å². The molecule has 2 rings (SSSR count). The van der Waals surface area contributed by atoms with Gasteiger partial charge in [-0.15, -0.1) is 0 Å². The summed E-state index contributed by atoms with van der Waals surface area (Å²) in [4.78, 5) is 26.3. The Kier molecular flexibility index (Phi) is 13.1. The Morgan fingerprint density at radius 3 is 2.14 bits per heavy atom. The predicted molar refractivity (Wildman–Crippen MR) is 149 cm³/mol. The second-order valence-corrected chi connectivity index (χ2v) is 10.5. The average Bonchev–Trinajstić information content (AvgIpc) is 2.82. The number of ether oxygens (including phenoxy) is 1. The lowest BCUT2D eigenvalue weighted by molar-refractivity contribution is -0.154. The van der Waals surface area contributed by atoms with Gasteiger partial charge in [-0.1, -0.05) is 43.2 Å². The highest BCUT2D eigenvalue weighted by Gasteiger charge is 2.15. The molecule has 0 heterocycles. The molecule has 0 spiro atoms. The van der Waals surface area contributed by atoms with E-state index in [0.29, 0.717) is 12.8 Å². The second kappa shape index (κ2) is 16.0. The van der Waals surface area contributed by atoms with Crippen LogP contribution in [0.4, 0.5) is 11.4 Å². The van der Waals surface area contributed by atoms with Crippen molar-refractivity contribution in [1.29, 1.82) is 0 Å². The van der Waals surface area contributed by atoms with Gasteiger partial charge in [0.05, 0.1) is 0 Å². The molecule has 0 saturated carbocycles. The monoisotopic (exact) mass is 495 g/mol. The minimum atomic E-state index is -0.427. The summed E-state index contributed by atoms with van der Waals surface area (Å²) >= 11 is 0. The Morgan fingerprint density at radius 2 is 1.47 bits per heavy atom. The molecule has 0 saturated heterocycles. The molecule has 2 N–H and O–H groups in total. The Bertz CT molecular complexity index is 892. The van der Waals surface area contributed by atoms with Crippen molar-refractivity contribution in [1.82, 2.24) is 4.90 Å². The van der Waals surface area contributed by atoms with E-state index in [1.807, 2.05) is 51.1 Å². The lowest BCUT2D eigenvalue weighted by atomic mass is 10.1. The smallest absolute Gasteiger partial charge is 0.306 e. The number of anilines is 2. The summed E-state index contributed by atoms with van der Waals surface area (Å²) < 4.78 is 5.31. The number of esters is 1. The summed E-state index contributed by atoms with van der Waals surface area (Å²) in [5.41, 5.74) is 2.82. The largest absolute Gasteiger partial charge is 0.460 e. The van der Waals surface area contributed by atoms with Crippen molar-refractivity contribution in [3.8, 4) is 0 Å². The third kappa shape index (κ3) is 13.9. The number of nitrogens with one attached hydrogen (secondary N) is 2. The number of amides is 1. The molecule has 0 aliphatic heterocycles. The molecule has 2 aromatic carbocycles. The third-order valence-corrected chi connectivity index (χ3v) is 5.71. The number of benzene rings is 2. The number of hydrogen-bond donors (Lipinski definition) is 2. The van der Waals surface area contributed by atoms with Gasteiger partial charge < -0.3 is 20.3 Å². The molecule has 0 aliphatic carbocycles. The van der Waals surface area contributed by atoms with Gasteiger partial charge in [0, 0.05) is 37.3 Å². The topological polar surface area (TPSA) is 70.7 Å². The minimum absolute atomic E-state index is 0.0381. The summed E-state index contributed by atoms with van der Waals surface area (Å²) in [5.74, 6) is -0.109. The van der Waals surface area contributed by atoms with Gasteiger partial charge >= 0.3 is 5.97 Å². The van der Waals surface area contributed by atoms with Gasteiger partial charge in [0.2, 0.25) is 5.91 Å². The molecule has 36 heavy (non-hydrogen) atoms. The molecule has 6 heteroatoms. The van der Waals surface area contributed by atoms with Gasteiger partial charge in [0.1, 0.15) is 5.60 Å². The van der Waals surface area contributed by atoms with Gasteiger partial charge in [0.25, 0.3) is 0 Å². The Hall–Kier alpha value is -2.86. The molecule has 0 bridgehead atoms. The van der Waals surface area contributed by atoms with Gasteiger partial charge in [-0.05, 0) is 89.9 Å². The van der Waals surface area contributed by atoms with Crippen molar-refractivity contribution in [2.45, 2.75) is 84.3 Å². The van der Waals surface area contributed by atoms with Crippen molar-refractivity contribution in [2.24, 2.45) is 0 Å². The second-order valence-electron chi connectivity index (χ2n) is 10.5. The van der Waals surface area contributed by atoms with Crippen LogP contribution in [0.15, 0.2) is 54.6 Å². The van der Waals surface area contributed by atoms with Crippen LogP contribution in [-0.2, 0) is 20.9 Å². The van der Waals surface area contributed by atoms with Gasteiger partial charge in [0.15, 0.2) is 0 Å².